The molecule has 0 amide bonds. The van der Waals surface area contributed by atoms with Gasteiger partial charge in [-0.1, -0.05) is 60.7 Å². The lowest BCUT2D eigenvalue weighted by atomic mass is 9.77. The van der Waals surface area contributed by atoms with E-state index in [1.54, 1.807) is 0 Å². The highest BCUT2D eigenvalue weighted by Gasteiger charge is 2.27. The summed E-state index contributed by atoms with van der Waals surface area (Å²) in [4.78, 5) is 17.4. The van der Waals surface area contributed by atoms with Crippen molar-refractivity contribution in [1.29, 1.82) is 0 Å². The number of carbonyl (C=O) groups is 1. The molecule has 30 heavy (non-hydrogen) atoms. The van der Waals surface area contributed by atoms with Crippen LogP contribution in [-0.2, 0) is 6.42 Å². The number of nitrogens with zero attached hydrogens (tertiary/aromatic N) is 1. The van der Waals surface area contributed by atoms with Crippen molar-refractivity contribution in [2.24, 2.45) is 0 Å². The molecule has 0 saturated heterocycles. The van der Waals surface area contributed by atoms with Crippen LogP contribution in [0.2, 0.25) is 0 Å². The summed E-state index contributed by atoms with van der Waals surface area (Å²) >= 11 is 0. The summed E-state index contributed by atoms with van der Waals surface area (Å²) in [6.07, 6.45) is 4.32. The molecule has 5 aromatic rings. The minimum Gasteiger partial charge on any atom is -0.294 e. The highest BCUT2D eigenvalue weighted by molar-refractivity contribution is 6.17. The van der Waals surface area contributed by atoms with Gasteiger partial charge < -0.3 is 0 Å². The molecule has 2 heteroatoms. The van der Waals surface area contributed by atoms with Gasteiger partial charge in [0.05, 0.1) is 5.52 Å². The Morgan fingerprint density at radius 3 is 2.63 bits per heavy atom. The van der Waals surface area contributed by atoms with E-state index in [0.717, 1.165) is 29.3 Å². The summed E-state index contributed by atoms with van der Waals surface area (Å²) in [7, 11) is 0. The Morgan fingerprint density at radius 1 is 0.800 bits per heavy atom. The summed E-state index contributed by atoms with van der Waals surface area (Å²) in [6, 6.07) is 27.7. The zero-order valence-electron chi connectivity index (χ0n) is 16.6. The Kier molecular flexibility index (Phi) is 3.92. The molecule has 144 valence electrons. The lowest BCUT2D eigenvalue weighted by Crippen LogP contribution is -2.18. The molecule has 0 saturated carbocycles. The molecule has 1 heterocycles. The van der Waals surface area contributed by atoms with Crippen molar-refractivity contribution in [1.82, 2.24) is 4.98 Å². The van der Waals surface area contributed by atoms with Crippen molar-refractivity contribution in [3.8, 4) is 0 Å². The number of hydrogen-bond acceptors (Lipinski definition) is 2. The molecule has 4 aromatic carbocycles. The van der Waals surface area contributed by atoms with E-state index >= 15 is 0 Å². The van der Waals surface area contributed by atoms with Crippen LogP contribution in [0.5, 0.6) is 0 Å². The van der Waals surface area contributed by atoms with Crippen LogP contribution < -0.4 is 0 Å². The summed E-state index contributed by atoms with van der Waals surface area (Å²) < 4.78 is 0. The number of Topliss-reactive ketones (excluding diaryl/α,β-unsaturated/α-hetero) is 1. The minimum absolute atomic E-state index is 0.282. The van der Waals surface area contributed by atoms with Crippen molar-refractivity contribution in [2.45, 2.75) is 25.2 Å². The van der Waals surface area contributed by atoms with E-state index in [-0.39, 0.29) is 5.78 Å². The number of rotatable bonds is 2. The van der Waals surface area contributed by atoms with Gasteiger partial charge in [-0.3, -0.25) is 9.78 Å². The molecule has 0 aliphatic heterocycles. The second-order valence-corrected chi connectivity index (χ2v) is 8.30. The van der Waals surface area contributed by atoms with Gasteiger partial charge in [-0.2, -0.15) is 0 Å². The Balaban J connectivity index is 1.47. The first-order chi connectivity index (χ1) is 14.8. The summed E-state index contributed by atoms with van der Waals surface area (Å²) in [5.41, 5.74) is 4.48. The molecule has 0 N–H and O–H groups in total. The third kappa shape index (κ3) is 2.72. The van der Waals surface area contributed by atoms with Gasteiger partial charge in [-0.15, -0.1) is 0 Å². The van der Waals surface area contributed by atoms with E-state index in [0.29, 0.717) is 12.3 Å². The van der Waals surface area contributed by atoms with Crippen LogP contribution in [-0.4, -0.2) is 10.8 Å². The number of fused-ring (bicyclic) bond motifs is 6. The SMILES string of the molecule is O=C1CCC(Cc2ccc3ncccc3c2)c2ccc3c(ccc4ccccc43)c21. The summed E-state index contributed by atoms with van der Waals surface area (Å²) in [6.45, 7) is 0. The fraction of sp³-hybridized carbons (Fsp3) is 0.143. The summed E-state index contributed by atoms with van der Waals surface area (Å²) in [5, 5.41) is 5.89. The average Bonchev–Trinajstić information content (AvgIpc) is 2.80. The number of carbonyl (C=O) groups excluding carboxylic acids is 1. The van der Waals surface area contributed by atoms with Gasteiger partial charge in [0.15, 0.2) is 5.78 Å². The van der Waals surface area contributed by atoms with Crippen LogP contribution in [0.3, 0.4) is 0 Å². The van der Waals surface area contributed by atoms with Gasteiger partial charge in [0.1, 0.15) is 0 Å². The van der Waals surface area contributed by atoms with Crippen LogP contribution >= 0.6 is 0 Å². The second kappa shape index (κ2) is 6.77. The lowest BCUT2D eigenvalue weighted by Gasteiger charge is -2.26. The van der Waals surface area contributed by atoms with E-state index in [1.807, 2.05) is 12.3 Å². The highest BCUT2D eigenvalue weighted by Crippen LogP contribution is 2.39. The van der Waals surface area contributed by atoms with Gasteiger partial charge in [-0.05, 0) is 69.6 Å². The van der Waals surface area contributed by atoms with Crippen LogP contribution in [0.25, 0.3) is 32.4 Å². The topological polar surface area (TPSA) is 30.0 Å². The maximum atomic E-state index is 13.0. The van der Waals surface area contributed by atoms with E-state index in [1.165, 1.54) is 32.7 Å². The van der Waals surface area contributed by atoms with Crippen LogP contribution in [0.15, 0.2) is 85.1 Å². The largest absolute Gasteiger partial charge is 0.294 e. The molecule has 0 fully saturated rings. The van der Waals surface area contributed by atoms with Crippen molar-refractivity contribution in [3.05, 3.63) is 102 Å². The Hall–Kier alpha value is -3.52. The first kappa shape index (κ1) is 17.3. The molecule has 1 unspecified atom stereocenters. The van der Waals surface area contributed by atoms with Crippen LogP contribution in [0.4, 0.5) is 0 Å². The number of benzene rings is 4. The number of hydrogen-bond donors (Lipinski definition) is 0. The molecule has 1 aliphatic carbocycles. The number of pyridine rings is 1. The smallest absolute Gasteiger partial charge is 0.163 e. The molecule has 0 bridgehead atoms. The third-order valence-electron chi connectivity index (χ3n) is 6.55. The van der Waals surface area contributed by atoms with Crippen molar-refractivity contribution >= 4 is 38.2 Å². The third-order valence-corrected chi connectivity index (χ3v) is 6.55. The maximum Gasteiger partial charge on any atom is 0.163 e. The molecule has 1 aliphatic rings. The maximum absolute atomic E-state index is 13.0. The van der Waals surface area contributed by atoms with E-state index in [2.05, 4.69) is 77.8 Å². The standard InChI is InChI=1S/C28H21NO/c30-27-14-9-20(16-18-7-13-26-21(17-18)5-3-15-29-26)23-11-12-24-22-6-2-1-4-19(22)8-10-25(24)28(23)27/h1-8,10-13,15,17,20H,9,14,16H2. The predicted octanol–water partition coefficient (Wildman–Crippen LogP) is 6.84. The molecule has 2 nitrogen and oxygen atoms in total. The van der Waals surface area contributed by atoms with Crippen LogP contribution in [0, 0.1) is 0 Å². The molecular formula is C28H21NO. The zero-order valence-corrected chi connectivity index (χ0v) is 16.6. The van der Waals surface area contributed by atoms with Crippen molar-refractivity contribution in [3.63, 3.8) is 0 Å². The number of ketones is 1. The van der Waals surface area contributed by atoms with E-state index < -0.39 is 0 Å². The normalized spacial score (nSPS) is 16.3. The van der Waals surface area contributed by atoms with Gasteiger partial charge >= 0.3 is 0 Å². The van der Waals surface area contributed by atoms with Gasteiger partial charge in [-0.25, -0.2) is 0 Å². The molecule has 0 radical (unpaired) electrons. The Labute approximate surface area is 175 Å². The first-order valence-corrected chi connectivity index (χ1v) is 10.6. The second-order valence-electron chi connectivity index (χ2n) is 8.30. The molecule has 1 aromatic heterocycles. The molecule has 0 spiro atoms. The predicted molar refractivity (Wildman–Crippen MR) is 123 cm³/mol. The molecule has 1 atom stereocenters. The molecule has 6 rings (SSSR count). The van der Waals surface area contributed by atoms with Gasteiger partial charge in [0.25, 0.3) is 0 Å². The average molecular weight is 387 g/mol. The summed E-state index contributed by atoms with van der Waals surface area (Å²) in [5.74, 6) is 0.646. The van der Waals surface area contributed by atoms with E-state index in [9.17, 15) is 4.79 Å². The quantitative estimate of drug-likeness (QED) is 0.310. The van der Waals surface area contributed by atoms with Crippen LogP contribution in [0.1, 0.15) is 40.2 Å². The van der Waals surface area contributed by atoms with Gasteiger partial charge in [0.2, 0.25) is 0 Å². The highest BCUT2D eigenvalue weighted by atomic mass is 16.1. The van der Waals surface area contributed by atoms with Crippen molar-refractivity contribution in [2.75, 3.05) is 0 Å². The monoisotopic (exact) mass is 387 g/mol. The van der Waals surface area contributed by atoms with E-state index in [4.69, 9.17) is 0 Å². The zero-order chi connectivity index (χ0) is 20.1. The Morgan fingerprint density at radius 2 is 1.67 bits per heavy atom. The fourth-order valence-electron chi connectivity index (χ4n) is 5.09. The minimum atomic E-state index is 0.282. The first-order valence-electron chi connectivity index (χ1n) is 10.6. The van der Waals surface area contributed by atoms with Gasteiger partial charge in [0, 0.05) is 23.6 Å². The Bertz CT molecular complexity index is 1450. The number of aromatic nitrogens is 1. The lowest BCUT2D eigenvalue weighted by molar-refractivity contribution is 0.0968. The fourth-order valence-corrected chi connectivity index (χ4v) is 5.09. The molecular weight excluding hydrogens is 366 g/mol. The van der Waals surface area contributed by atoms with Crippen molar-refractivity contribution < 1.29 is 4.79 Å².